The second-order valence-corrected chi connectivity index (χ2v) is 2.69. The minimum absolute atomic E-state index is 0. The molecule has 13 heavy (non-hydrogen) atoms. The van der Waals surface area contributed by atoms with E-state index in [0.717, 1.165) is 0 Å². The first-order valence-corrected chi connectivity index (χ1v) is 3.86. The zero-order valence-electron chi connectivity index (χ0n) is 7.35. The zero-order chi connectivity index (χ0) is 8.97. The van der Waals surface area contributed by atoms with Crippen LogP contribution >= 0.6 is 0 Å². The third kappa shape index (κ3) is 4.50. The molecule has 1 aliphatic rings. The summed E-state index contributed by atoms with van der Waals surface area (Å²) in [5, 5.41) is 13.0. The quantitative estimate of drug-likeness (QED) is 0.599. The maximum Gasteiger partial charge on any atom is 0.288 e. The van der Waals surface area contributed by atoms with Crippen molar-refractivity contribution in [3.63, 3.8) is 0 Å². The van der Waals surface area contributed by atoms with Crippen LogP contribution in [0.3, 0.4) is 0 Å². The van der Waals surface area contributed by atoms with Gasteiger partial charge in [-0.15, -0.1) is 6.54 Å². The van der Waals surface area contributed by atoms with Crippen LogP contribution in [0.5, 0.6) is 0 Å². The van der Waals surface area contributed by atoms with Gasteiger partial charge in [0.05, 0.1) is 0 Å². The Labute approximate surface area is 111 Å². The van der Waals surface area contributed by atoms with Gasteiger partial charge in [-0.2, -0.15) is 0 Å². The molecule has 0 bridgehead atoms. The number of carbonyl (C=O) groups is 1. The topological polar surface area (TPSA) is 60.6 Å². The van der Waals surface area contributed by atoms with E-state index in [1.807, 2.05) is 0 Å². The fourth-order valence-electron chi connectivity index (χ4n) is 1.06. The fraction of sp³-hybridized carbons (Fsp3) is 0.625. The SMILES string of the molecule is C=CCOC(=O)C1CC(O)C[N-]1.[Pr]. The molecule has 1 N–H and O–H groups in total. The Morgan fingerprint density at radius 1 is 1.77 bits per heavy atom. The van der Waals surface area contributed by atoms with E-state index in [0.29, 0.717) is 13.0 Å². The van der Waals surface area contributed by atoms with Crippen LogP contribution in [-0.2, 0) is 9.53 Å². The Balaban J connectivity index is 0.00000144. The Morgan fingerprint density at radius 2 is 2.46 bits per heavy atom. The van der Waals surface area contributed by atoms with Gasteiger partial charge >= 0.3 is 0 Å². The van der Waals surface area contributed by atoms with Crippen LogP contribution in [0.15, 0.2) is 12.7 Å². The Hall–Kier alpha value is 0.494. The average molecular weight is 311 g/mol. The molecule has 1 saturated heterocycles. The van der Waals surface area contributed by atoms with E-state index >= 15 is 0 Å². The average Bonchev–Trinajstić information content (AvgIpc) is 2.47. The van der Waals surface area contributed by atoms with Crippen LogP contribution in [-0.4, -0.2) is 36.4 Å². The number of rotatable bonds is 3. The van der Waals surface area contributed by atoms with Gasteiger partial charge < -0.3 is 15.2 Å². The maximum absolute atomic E-state index is 11.1. The van der Waals surface area contributed by atoms with Gasteiger partial charge in [0.2, 0.25) is 0 Å². The molecule has 1 aliphatic heterocycles. The predicted octanol–water partition coefficient (Wildman–Crippen LogP) is 0.222. The summed E-state index contributed by atoms with van der Waals surface area (Å²) in [6.07, 6.45) is 1.41. The van der Waals surface area contributed by atoms with Crippen LogP contribution in [0.25, 0.3) is 5.32 Å². The number of aliphatic hydroxyl groups excluding tert-OH is 1. The van der Waals surface area contributed by atoms with E-state index in [1.54, 1.807) is 0 Å². The molecule has 5 heteroatoms. The molecular weight excluding hydrogens is 299 g/mol. The summed E-state index contributed by atoms with van der Waals surface area (Å²) >= 11 is 0. The molecule has 0 saturated carbocycles. The molecule has 0 spiro atoms. The van der Waals surface area contributed by atoms with Gasteiger partial charge in [-0.25, -0.2) is 0 Å². The third-order valence-corrected chi connectivity index (χ3v) is 1.65. The van der Waals surface area contributed by atoms with E-state index in [1.165, 1.54) is 6.08 Å². The second-order valence-electron chi connectivity index (χ2n) is 2.69. The maximum atomic E-state index is 11.1. The number of aliphatic hydroxyl groups is 1. The minimum atomic E-state index is -0.480. The molecule has 1 fully saturated rings. The number of carbonyl (C=O) groups excluding carboxylic acids is 1. The van der Waals surface area contributed by atoms with E-state index in [-0.39, 0.29) is 53.9 Å². The number of hydrogen-bond donors (Lipinski definition) is 1. The van der Waals surface area contributed by atoms with Crippen molar-refractivity contribution in [3.05, 3.63) is 18.0 Å². The second kappa shape index (κ2) is 6.88. The standard InChI is InChI=1S/C8H12NO3.Pr/c1-2-3-12-8(11)7-4-6(10)5-9-7;/h2,6-7,10H,1,3-5H2;/q-1;. The molecule has 71 valence electrons. The minimum Gasteiger partial charge on any atom is -0.648 e. The van der Waals surface area contributed by atoms with Crippen molar-refractivity contribution in [2.45, 2.75) is 18.6 Å². The summed E-state index contributed by atoms with van der Waals surface area (Å²) in [4.78, 5) is 11.1. The summed E-state index contributed by atoms with van der Waals surface area (Å²) in [6, 6.07) is -0.472. The Morgan fingerprint density at radius 3 is 2.92 bits per heavy atom. The first-order chi connectivity index (χ1) is 5.74. The largest absolute Gasteiger partial charge is 0.648 e. The molecule has 2 atom stereocenters. The van der Waals surface area contributed by atoms with Gasteiger partial charge in [0.1, 0.15) is 6.61 Å². The van der Waals surface area contributed by atoms with Gasteiger partial charge in [-0.3, -0.25) is 4.79 Å². The number of hydrogen-bond acceptors (Lipinski definition) is 3. The summed E-state index contributed by atoms with van der Waals surface area (Å²) < 4.78 is 4.76. The molecule has 4 nitrogen and oxygen atoms in total. The van der Waals surface area contributed by atoms with Crippen LogP contribution in [0, 0.1) is 41.3 Å². The van der Waals surface area contributed by atoms with Crippen molar-refractivity contribution in [1.29, 1.82) is 0 Å². The van der Waals surface area contributed by atoms with Crippen LogP contribution in [0.2, 0.25) is 0 Å². The van der Waals surface area contributed by atoms with E-state index in [4.69, 9.17) is 9.84 Å². The zero-order valence-corrected chi connectivity index (χ0v) is 11.1. The number of nitrogens with zero attached hydrogens (tertiary/aromatic N) is 1. The Kier molecular flexibility index (Phi) is 7.14. The van der Waals surface area contributed by atoms with E-state index < -0.39 is 12.1 Å². The van der Waals surface area contributed by atoms with Gasteiger partial charge in [0, 0.05) is 47.4 Å². The first-order valence-electron chi connectivity index (χ1n) is 3.86. The molecule has 1 rings (SSSR count). The van der Waals surface area contributed by atoms with Crippen molar-refractivity contribution >= 4 is 5.97 Å². The normalized spacial score (nSPS) is 26.2. The molecular formula is C8H12NO3Pr-. The molecule has 0 amide bonds. The Bertz CT molecular complexity index is 186. The fourth-order valence-corrected chi connectivity index (χ4v) is 1.06. The summed E-state index contributed by atoms with van der Waals surface area (Å²) in [7, 11) is 0. The molecule has 1 radical (unpaired) electrons. The van der Waals surface area contributed by atoms with Gasteiger partial charge in [-0.05, 0) is 12.5 Å². The van der Waals surface area contributed by atoms with E-state index in [9.17, 15) is 4.79 Å². The smallest absolute Gasteiger partial charge is 0.288 e. The predicted molar refractivity (Wildman–Crippen MR) is 43.8 cm³/mol. The molecule has 0 aromatic carbocycles. The van der Waals surface area contributed by atoms with Gasteiger partial charge in [0.15, 0.2) is 0 Å². The molecule has 0 aromatic rings. The van der Waals surface area contributed by atoms with Crippen molar-refractivity contribution < 1.29 is 55.9 Å². The van der Waals surface area contributed by atoms with E-state index in [2.05, 4.69) is 11.9 Å². The van der Waals surface area contributed by atoms with Crippen LogP contribution in [0.4, 0.5) is 0 Å². The van der Waals surface area contributed by atoms with Crippen LogP contribution < -0.4 is 0 Å². The monoisotopic (exact) mass is 311 g/mol. The number of esters is 1. The number of ether oxygens (including phenoxy) is 1. The van der Waals surface area contributed by atoms with Crippen LogP contribution in [0.1, 0.15) is 6.42 Å². The van der Waals surface area contributed by atoms with Gasteiger partial charge in [0.25, 0.3) is 5.97 Å². The summed E-state index contributed by atoms with van der Waals surface area (Å²) in [5.74, 6) is -0.369. The van der Waals surface area contributed by atoms with Crippen molar-refractivity contribution in [2.75, 3.05) is 13.2 Å². The van der Waals surface area contributed by atoms with Crippen molar-refractivity contribution in [3.8, 4) is 0 Å². The summed E-state index contributed by atoms with van der Waals surface area (Å²) in [6.45, 7) is 3.97. The summed E-state index contributed by atoms with van der Waals surface area (Å²) in [5.41, 5.74) is 0. The van der Waals surface area contributed by atoms with Gasteiger partial charge in [-0.1, -0.05) is 12.7 Å². The first kappa shape index (κ1) is 13.5. The molecule has 0 aliphatic carbocycles. The molecule has 2 unspecified atom stereocenters. The molecule has 0 aromatic heterocycles. The molecule has 1 heterocycles. The third-order valence-electron chi connectivity index (χ3n) is 1.65. The van der Waals surface area contributed by atoms with Crippen molar-refractivity contribution in [2.24, 2.45) is 0 Å². The van der Waals surface area contributed by atoms with Crippen molar-refractivity contribution in [1.82, 2.24) is 0 Å².